The van der Waals surface area contributed by atoms with Crippen LogP contribution in [0.25, 0.3) is 0 Å². The van der Waals surface area contributed by atoms with E-state index in [2.05, 4.69) is 5.32 Å². The van der Waals surface area contributed by atoms with Gasteiger partial charge in [0.2, 0.25) is 0 Å². The Morgan fingerprint density at radius 2 is 1.47 bits per heavy atom. The first-order valence-electron chi connectivity index (χ1n) is 19.5. The molecule has 0 aromatic heterocycles. The third-order valence-electron chi connectivity index (χ3n) is 13.2. The maximum Gasteiger partial charge on any atom is 0.338 e. The van der Waals surface area contributed by atoms with E-state index in [9.17, 15) is 39.3 Å². The van der Waals surface area contributed by atoms with Crippen LogP contribution in [0.5, 0.6) is 0 Å². The summed E-state index contributed by atoms with van der Waals surface area (Å²) in [6.45, 7) is 7.62. The summed E-state index contributed by atoms with van der Waals surface area (Å²) >= 11 is 0. The molecular weight excluding hydrogens is 746 g/mol. The van der Waals surface area contributed by atoms with Gasteiger partial charge in [0.15, 0.2) is 11.7 Å². The zero-order valence-corrected chi connectivity index (χ0v) is 33.0. The highest BCUT2D eigenvalue weighted by Crippen LogP contribution is 2.64. The van der Waals surface area contributed by atoms with Gasteiger partial charge in [-0.2, -0.15) is 0 Å². The SMILES string of the molecule is CC(=O)O[C@@]12CO[C@@H]1C[C@H](O)[C@@]1(C)C(=O)CC3=C(C)[C@@H](OC(=O)[C@H](O)[C@@H](NC(=O)c4ccccc4)c4ccccc4)C[C@@](O)([C@@H](OC(=O)c4ccccc4)[C@H]21)C3(C)C. The van der Waals surface area contributed by atoms with Crippen molar-refractivity contribution >= 4 is 29.6 Å². The van der Waals surface area contributed by atoms with Gasteiger partial charge in [0.1, 0.15) is 29.7 Å². The van der Waals surface area contributed by atoms with Crippen molar-refractivity contribution in [2.75, 3.05) is 6.61 Å². The molecule has 4 N–H and O–H groups in total. The van der Waals surface area contributed by atoms with Crippen molar-refractivity contribution in [1.29, 1.82) is 0 Å². The van der Waals surface area contributed by atoms with Crippen LogP contribution in [0.15, 0.2) is 102 Å². The summed E-state index contributed by atoms with van der Waals surface area (Å²) in [6.07, 6.45) is -7.90. The molecule has 3 aromatic rings. The van der Waals surface area contributed by atoms with Gasteiger partial charge in [-0.15, -0.1) is 0 Å². The Morgan fingerprint density at radius 3 is 2.03 bits per heavy atom. The van der Waals surface area contributed by atoms with Crippen molar-refractivity contribution in [2.24, 2.45) is 16.7 Å². The number of fused-ring (bicyclic) bond motifs is 5. The number of carbonyl (C=O) groups excluding carboxylic acids is 5. The summed E-state index contributed by atoms with van der Waals surface area (Å²) in [5.74, 6) is -5.03. The molecule has 3 aromatic carbocycles. The van der Waals surface area contributed by atoms with Gasteiger partial charge in [-0.05, 0) is 49.2 Å². The highest BCUT2D eigenvalue weighted by molar-refractivity contribution is 5.95. The summed E-state index contributed by atoms with van der Waals surface area (Å²) < 4.78 is 24.4. The fraction of sp³-hybridized carbons (Fsp3) is 0.444. The van der Waals surface area contributed by atoms with E-state index < -0.39 is 101 Å². The Balaban J connectivity index is 1.32. The number of esters is 3. The van der Waals surface area contributed by atoms with Crippen molar-refractivity contribution in [3.63, 3.8) is 0 Å². The van der Waals surface area contributed by atoms with Crippen LogP contribution in [0.4, 0.5) is 0 Å². The standard InChI is InChI=1S/C45H49NO12/c1-25-30-21-32(48)43(5)33(49)22-34-44(24-55-34,58-26(2)47)37(43)38(57-40(52)29-19-13-8-14-20-29)45(54,42(30,3)4)23-31(25)56-41(53)36(50)35(27-15-9-6-10-16-27)46-39(51)28-17-11-7-12-18-28/h6-20,31,33-38,49-50,54H,21-24H2,1-5H3,(H,46,51)/t31-,33-,34+,35-,36+,37-,38-,43+,44-,45+/m0/s1. The largest absolute Gasteiger partial charge is 0.456 e. The first-order chi connectivity index (χ1) is 27.5. The zero-order chi connectivity index (χ0) is 41.8. The summed E-state index contributed by atoms with van der Waals surface area (Å²) in [7, 11) is 0. The number of hydrogen-bond acceptors (Lipinski definition) is 12. The number of Topliss-reactive ketones (excluding diaryl/α,β-unsaturated/α-hetero) is 1. The van der Waals surface area contributed by atoms with E-state index in [0.717, 1.165) is 0 Å². The summed E-state index contributed by atoms with van der Waals surface area (Å²) in [5, 5.41) is 39.7. The van der Waals surface area contributed by atoms with Crippen molar-refractivity contribution < 1.29 is 58.2 Å². The molecule has 10 atom stereocenters. The minimum atomic E-state index is -2.17. The number of carbonyl (C=O) groups is 5. The molecule has 7 rings (SSSR count). The number of nitrogens with one attached hydrogen (secondary N) is 1. The Hall–Kier alpha value is -5.21. The number of hydrogen-bond donors (Lipinski definition) is 4. The Morgan fingerprint density at radius 1 is 0.879 bits per heavy atom. The average Bonchev–Trinajstić information content (AvgIpc) is 3.20. The number of ether oxygens (including phenoxy) is 4. The molecule has 3 fully saturated rings. The fourth-order valence-corrected chi connectivity index (χ4v) is 9.76. The van der Waals surface area contributed by atoms with Crippen LogP contribution >= 0.6 is 0 Å². The molecule has 13 nitrogen and oxygen atoms in total. The Bertz CT molecular complexity index is 2120. The van der Waals surface area contributed by atoms with E-state index in [-0.39, 0.29) is 25.0 Å². The molecule has 4 aliphatic rings. The van der Waals surface area contributed by atoms with Crippen molar-refractivity contribution in [3.05, 3.63) is 119 Å². The van der Waals surface area contributed by atoms with E-state index in [4.69, 9.17) is 18.9 Å². The van der Waals surface area contributed by atoms with Gasteiger partial charge < -0.3 is 39.6 Å². The van der Waals surface area contributed by atoms with Crippen LogP contribution in [-0.2, 0) is 33.3 Å². The third-order valence-corrected chi connectivity index (χ3v) is 13.2. The van der Waals surface area contributed by atoms with Gasteiger partial charge in [-0.1, -0.05) is 86.2 Å². The topological polar surface area (TPSA) is 195 Å². The fourth-order valence-electron chi connectivity index (χ4n) is 9.76. The third kappa shape index (κ3) is 6.63. The van der Waals surface area contributed by atoms with Crippen molar-refractivity contribution in [3.8, 4) is 0 Å². The normalized spacial score (nSPS) is 32.1. The van der Waals surface area contributed by atoms with Gasteiger partial charge in [0, 0.05) is 37.2 Å². The van der Waals surface area contributed by atoms with Crippen LogP contribution in [0, 0.1) is 16.7 Å². The average molecular weight is 796 g/mol. The second kappa shape index (κ2) is 15.2. The molecule has 13 heteroatoms. The molecule has 1 saturated heterocycles. The van der Waals surface area contributed by atoms with Crippen LogP contribution in [0.2, 0.25) is 0 Å². The molecule has 58 heavy (non-hydrogen) atoms. The number of aliphatic hydroxyl groups excluding tert-OH is 2. The molecule has 2 saturated carbocycles. The number of aliphatic hydroxyl groups is 3. The lowest BCUT2D eigenvalue weighted by Gasteiger charge is -2.67. The quantitative estimate of drug-likeness (QED) is 0.137. The molecule has 0 spiro atoms. The Labute approximate surface area is 336 Å². The lowest BCUT2D eigenvalue weighted by atomic mass is 9.45. The van der Waals surface area contributed by atoms with Crippen LogP contribution < -0.4 is 5.32 Å². The van der Waals surface area contributed by atoms with Crippen LogP contribution in [0.1, 0.15) is 86.2 Å². The van der Waals surface area contributed by atoms with E-state index in [0.29, 0.717) is 22.3 Å². The molecule has 1 amide bonds. The molecule has 0 radical (unpaired) electrons. The molecule has 1 heterocycles. The highest BCUT2D eigenvalue weighted by atomic mass is 16.6. The van der Waals surface area contributed by atoms with E-state index in [1.54, 1.807) is 107 Å². The minimum Gasteiger partial charge on any atom is -0.456 e. The monoisotopic (exact) mass is 795 g/mol. The van der Waals surface area contributed by atoms with E-state index in [1.165, 1.54) is 19.1 Å². The highest BCUT2D eigenvalue weighted by Gasteiger charge is 2.77. The molecule has 306 valence electrons. The lowest BCUT2D eigenvalue weighted by Crippen LogP contribution is -2.80. The van der Waals surface area contributed by atoms with Gasteiger partial charge >= 0.3 is 17.9 Å². The molecular formula is C45H49NO12. The van der Waals surface area contributed by atoms with E-state index in [1.807, 2.05) is 0 Å². The maximum absolute atomic E-state index is 14.9. The van der Waals surface area contributed by atoms with Gasteiger partial charge in [-0.3, -0.25) is 14.4 Å². The first kappa shape index (κ1) is 41.0. The van der Waals surface area contributed by atoms with E-state index >= 15 is 0 Å². The zero-order valence-electron chi connectivity index (χ0n) is 33.0. The smallest absolute Gasteiger partial charge is 0.338 e. The van der Waals surface area contributed by atoms with Crippen molar-refractivity contribution in [2.45, 2.75) is 102 Å². The molecule has 2 bridgehead atoms. The van der Waals surface area contributed by atoms with Gasteiger partial charge in [0.05, 0.1) is 35.6 Å². The number of rotatable bonds is 9. The number of amides is 1. The predicted octanol–water partition coefficient (Wildman–Crippen LogP) is 4.19. The minimum absolute atomic E-state index is 0.0628. The van der Waals surface area contributed by atoms with Crippen LogP contribution in [0.3, 0.4) is 0 Å². The lowest BCUT2D eigenvalue weighted by molar-refractivity contribution is -0.344. The summed E-state index contributed by atoms with van der Waals surface area (Å²) in [5.41, 5.74) is -5.19. The number of ketones is 1. The first-order valence-corrected chi connectivity index (χ1v) is 19.5. The predicted molar refractivity (Wildman–Crippen MR) is 207 cm³/mol. The molecule has 3 aliphatic carbocycles. The van der Waals surface area contributed by atoms with Crippen molar-refractivity contribution in [1.82, 2.24) is 5.32 Å². The summed E-state index contributed by atoms with van der Waals surface area (Å²) in [6, 6.07) is 23.5. The second-order valence-corrected chi connectivity index (χ2v) is 16.7. The second-order valence-electron chi connectivity index (χ2n) is 16.7. The molecule has 1 aliphatic heterocycles. The Kier molecular flexibility index (Phi) is 10.7. The summed E-state index contributed by atoms with van der Waals surface area (Å²) in [4.78, 5) is 69.3. The molecule has 0 unspecified atom stereocenters. The van der Waals surface area contributed by atoms with Crippen LogP contribution in [-0.4, -0.2) is 93.2 Å². The van der Waals surface area contributed by atoms with Gasteiger partial charge in [0.25, 0.3) is 5.91 Å². The van der Waals surface area contributed by atoms with Gasteiger partial charge in [-0.25, -0.2) is 9.59 Å². The number of benzene rings is 3. The maximum atomic E-state index is 14.9.